The van der Waals surface area contributed by atoms with Crippen LogP contribution in [0.25, 0.3) is 11.1 Å². The highest BCUT2D eigenvalue weighted by Gasteiger charge is 2.16. The van der Waals surface area contributed by atoms with Gasteiger partial charge in [0.1, 0.15) is 11.5 Å². The van der Waals surface area contributed by atoms with Gasteiger partial charge in [-0.3, -0.25) is 0 Å². The Labute approximate surface area is 108 Å². The molecule has 2 rings (SSSR count). The Kier molecular flexibility index (Phi) is 3.56. The van der Waals surface area contributed by atoms with E-state index in [4.69, 9.17) is 0 Å². The number of hydrogen-bond acceptors (Lipinski definition) is 2. The molecule has 0 radical (unpaired) electrons. The maximum absolute atomic E-state index is 9.99. The molecule has 0 bridgehead atoms. The lowest BCUT2D eigenvalue weighted by Gasteiger charge is -2.16. The highest BCUT2D eigenvalue weighted by Crippen LogP contribution is 2.39. The van der Waals surface area contributed by atoms with Gasteiger partial charge in [0, 0.05) is 17.2 Å². The van der Waals surface area contributed by atoms with Crippen LogP contribution in [0, 0.1) is 0 Å². The molecule has 18 heavy (non-hydrogen) atoms. The molecule has 94 valence electrons. The second-order valence-corrected chi connectivity index (χ2v) is 4.32. The molecular formula is C16H18O2. The molecule has 2 heteroatoms. The molecule has 0 aromatic heterocycles. The third-order valence-electron chi connectivity index (χ3n) is 3.26. The van der Waals surface area contributed by atoms with Gasteiger partial charge < -0.3 is 10.2 Å². The van der Waals surface area contributed by atoms with Gasteiger partial charge in [-0.15, -0.1) is 0 Å². The minimum Gasteiger partial charge on any atom is -0.508 e. The molecule has 0 aliphatic rings. The Hall–Kier alpha value is -1.96. The quantitative estimate of drug-likeness (QED) is 0.857. The number of rotatable bonds is 3. The van der Waals surface area contributed by atoms with Crippen LogP contribution in [-0.4, -0.2) is 10.2 Å². The van der Waals surface area contributed by atoms with Gasteiger partial charge in [-0.2, -0.15) is 0 Å². The van der Waals surface area contributed by atoms with Crippen molar-refractivity contribution >= 4 is 0 Å². The lowest BCUT2D eigenvalue weighted by Crippen LogP contribution is -1.96. The number of phenolic OH excluding ortho intramolecular Hbond substituents is 2. The molecule has 0 saturated heterocycles. The van der Waals surface area contributed by atoms with Crippen LogP contribution < -0.4 is 0 Å². The number of benzene rings is 2. The second-order valence-electron chi connectivity index (χ2n) is 4.32. The van der Waals surface area contributed by atoms with Gasteiger partial charge in [0.05, 0.1) is 0 Å². The first-order valence-corrected chi connectivity index (χ1v) is 6.31. The highest BCUT2D eigenvalue weighted by atomic mass is 16.3. The normalized spacial score (nSPS) is 10.6. The van der Waals surface area contributed by atoms with E-state index in [0.717, 1.165) is 35.1 Å². The summed E-state index contributed by atoms with van der Waals surface area (Å²) >= 11 is 0. The predicted octanol–water partition coefficient (Wildman–Crippen LogP) is 3.89. The summed E-state index contributed by atoms with van der Waals surface area (Å²) < 4.78 is 0. The van der Waals surface area contributed by atoms with Crippen LogP contribution in [0.2, 0.25) is 0 Å². The SMILES string of the molecule is CCc1c(O)cc(O)c(CC)c1-c1ccccc1. The van der Waals surface area contributed by atoms with Gasteiger partial charge >= 0.3 is 0 Å². The fourth-order valence-corrected chi connectivity index (χ4v) is 2.41. The summed E-state index contributed by atoms with van der Waals surface area (Å²) in [7, 11) is 0. The molecule has 0 aliphatic carbocycles. The van der Waals surface area contributed by atoms with Crippen molar-refractivity contribution < 1.29 is 10.2 Å². The van der Waals surface area contributed by atoms with E-state index in [1.807, 2.05) is 44.2 Å². The molecule has 0 unspecified atom stereocenters. The maximum atomic E-state index is 9.99. The molecule has 2 nitrogen and oxygen atoms in total. The van der Waals surface area contributed by atoms with Gasteiger partial charge in [-0.05, 0) is 24.0 Å². The Morgan fingerprint density at radius 1 is 0.833 bits per heavy atom. The Balaban J connectivity index is 2.77. The summed E-state index contributed by atoms with van der Waals surface area (Å²) in [6.45, 7) is 4.02. The highest BCUT2D eigenvalue weighted by molar-refractivity contribution is 5.76. The van der Waals surface area contributed by atoms with Crippen LogP contribution in [0.15, 0.2) is 36.4 Å². The summed E-state index contributed by atoms with van der Waals surface area (Å²) in [6.07, 6.45) is 1.48. The van der Waals surface area contributed by atoms with E-state index >= 15 is 0 Å². The zero-order chi connectivity index (χ0) is 13.1. The largest absolute Gasteiger partial charge is 0.508 e. The van der Waals surface area contributed by atoms with Gasteiger partial charge in [0.25, 0.3) is 0 Å². The average molecular weight is 242 g/mol. The van der Waals surface area contributed by atoms with Crippen molar-refractivity contribution in [2.45, 2.75) is 26.7 Å². The van der Waals surface area contributed by atoms with E-state index in [-0.39, 0.29) is 11.5 Å². The van der Waals surface area contributed by atoms with E-state index in [9.17, 15) is 10.2 Å². The first kappa shape index (κ1) is 12.5. The van der Waals surface area contributed by atoms with Gasteiger partial charge in [-0.25, -0.2) is 0 Å². The summed E-state index contributed by atoms with van der Waals surface area (Å²) in [5, 5.41) is 20.0. The Bertz CT molecular complexity index is 517. The molecule has 0 aliphatic heterocycles. The van der Waals surface area contributed by atoms with Gasteiger partial charge in [0.2, 0.25) is 0 Å². The standard InChI is InChI=1S/C16H18O2/c1-3-12-14(17)10-15(18)13(4-2)16(12)11-8-6-5-7-9-11/h5-10,17-18H,3-4H2,1-2H3. The Morgan fingerprint density at radius 2 is 1.33 bits per heavy atom. The van der Waals surface area contributed by atoms with E-state index in [2.05, 4.69) is 0 Å². The molecule has 2 N–H and O–H groups in total. The van der Waals surface area contributed by atoms with Crippen molar-refractivity contribution in [3.8, 4) is 22.6 Å². The minimum atomic E-state index is 0.172. The van der Waals surface area contributed by atoms with Gasteiger partial charge in [-0.1, -0.05) is 44.2 Å². The van der Waals surface area contributed by atoms with Crippen LogP contribution in [0.4, 0.5) is 0 Å². The van der Waals surface area contributed by atoms with Crippen LogP contribution in [0.5, 0.6) is 11.5 Å². The fraction of sp³-hybridized carbons (Fsp3) is 0.250. The molecule has 0 spiro atoms. The summed E-state index contributed by atoms with van der Waals surface area (Å²) in [5.41, 5.74) is 3.81. The molecule has 0 heterocycles. The molecule has 0 fully saturated rings. The van der Waals surface area contributed by atoms with Crippen LogP contribution in [0.1, 0.15) is 25.0 Å². The maximum Gasteiger partial charge on any atom is 0.123 e. The molecular weight excluding hydrogens is 224 g/mol. The third kappa shape index (κ3) is 2.06. The van der Waals surface area contributed by atoms with E-state index in [1.54, 1.807) is 0 Å². The third-order valence-corrected chi connectivity index (χ3v) is 3.26. The summed E-state index contributed by atoms with van der Waals surface area (Å²) in [5.74, 6) is 0.345. The molecule has 0 amide bonds. The van der Waals surface area contributed by atoms with Crippen molar-refractivity contribution in [3.63, 3.8) is 0 Å². The lowest BCUT2D eigenvalue weighted by molar-refractivity contribution is 0.443. The molecule has 0 saturated carbocycles. The minimum absolute atomic E-state index is 0.172. The molecule has 2 aromatic carbocycles. The number of phenols is 2. The predicted molar refractivity (Wildman–Crippen MR) is 74.0 cm³/mol. The monoisotopic (exact) mass is 242 g/mol. The smallest absolute Gasteiger partial charge is 0.123 e. The van der Waals surface area contributed by atoms with Crippen molar-refractivity contribution in [3.05, 3.63) is 47.5 Å². The van der Waals surface area contributed by atoms with Crippen molar-refractivity contribution in [1.82, 2.24) is 0 Å². The zero-order valence-corrected chi connectivity index (χ0v) is 10.8. The topological polar surface area (TPSA) is 40.5 Å². The van der Waals surface area contributed by atoms with E-state index in [0.29, 0.717) is 0 Å². The van der Waals surface area contributed by atoms with E-state index in [1.165, 1.54) is 6.07 Å². The van der Waals surface area contributed by atoms with E-state index < -0.39 is 0 Å². The first-order valence-electron chi connectivity index (χ1n) is 6.31. The molecule has 2 aromatic rings. The van der Waals surface area contributed by atoms with Crippen LogP contribution in [-0.2, 0) is 12.8 Å². The first-order chi connectivity index (χ1) is 8.69. The van der Waals surface area contributed by atoms with Crippen molar-refractivity contribution in [2.75, 3.05) is 0 Å². The van der Waals surface area contributed by atoms with Crippen molar-refractivity contribution in [1.29, 1.82) is 0 Å². The second kappa shape index (κ2) is 5.13. The number of hydrogen-bond donors (Lipinski definition) is 2. The summed E-state index contributed by atoms with van der Waals surface area (Å²) in [4.78, 5) is 0. The van der Waals surface area contributed by atoms with Crippen LogP contribution >= 0.6 is 0 Å². The summed E-state index contributed by atoms with van der Waals surface area (Å²) in [6, 6.07) is 11.4. The average Bonchev–Trinajstić information content (AvgIpc) is 2.39. The van der Waals surface area contributed by atoms with Crippen molar-refractivity contribution in [2.24, 2.45) is 0 Å². The van der Waals surface area contributed by atoms with Gasteiger partial charge in [0.15, 0.2) is 0 Å². The van der Waals surface area contributed by atoms with Crippen LogP contribution in [0.3, 0.4) is 0 Å². The Morgan fingerprint density at radius 3 is 1.78 bits per heavy atom. The molecule has 0 atom stereocenters. The number of aromatic hydroxyl groups is 2. The zero-order valence-electron chi connectivity index (χ0n) is 10.8. The lowest BCUT2D eigenvalue weighted by atomic mass is 9.90. The fourth-order valence-electron chi connectivity index (χ4n) is 2.41.